The fourth-order valence-electron chi connectivity index (χ4n) is 1.12. The summed E-state index contributed by atoms with van der Waals surface area (Å²) in [6.07, 6.45) is 0. The summed E-state index contributed by atoms with van der Waals surface area (Å²) >= 11 is 0. The van der Waals surface area contributed by atoms with Crippen LogP contribution in [0.3, 0.4) is 0 Å². The molecule has 0 aliphatic carbocycles. The van der Waals surface area contributed by atoms with Crippen molar-refractivity contribution in [3.63, 3.8) is 0 Å². The molecule has 1 amide bonds. The highest BCUT2D eigenvalue weighted by Crippen LogP contribution is 2.03. The molecule has 0 aromatic heterocycles. The molecule has 0 saturated heterocycles. The molecule has 1 rings (SSSR count). The van der Waals surface area contributed by atoms with E-state index < -0.39 is 0 Å². The molecule has 3 nitrogen and oxygen atoms in total. The van der Waals surface area contributed by atoms with Crippen molar-refractivity contribution in [2.75, 3.05) is 14.1 Å². The number of rotatable bonds is 3. The predicted molar refractivity (Wildman–Crippen MR) is 63.9 cm³/mol. The van der Waals surface area contributed by atoms with Crippen molar-refractivity contribution in [2.45, 2.75) is 20.4 Å². The monoisotopic (exact) mass is 208 g/mol. The lowest BCUT2D eigenvalue weighted by Gasteiger charge is -2.02. The van der Waals surface area contributed by atoms with Crippen LogP contribution in [0.1, 0.15) is 29.8 Å². The molecule has 0 aliphatic heterocycles. The van der Waals surface area contributed by atoms with Crippen molar-refractivity contribution in [2.24, 2.45) is 0 Å². The summed E-state index contributed by atoms with van der Waals surface area (Å²) in [5.41, 5.74) is 1.87. The maximum Gasteiger partial charge on any atom is 0.251 e. The van der Waals surface area contributed by atoms with Crippen LogP contribution in [0.25, 0.3) is 0 Å². The average molecular weight is 208 g/mol. The van der Waals surface area contributed by atoms with Crippen molar-refractivity contribution >= 4 is 5.91 Å². The predicted octanol–water partition coefficient (Wildman–Crippen LogP) is 1.79. The van der Waals surface area contributed by atoms with Gasteiger partial charge in [0.2, 0.25) is 0 Å². The Labute approximate surface area is 91.9 Å². The lowest BCUT2D eigenvalue weighted by molar-refractivity contribution is 0.0963. The van der Waals surface area contributed by atoms with Crippen LogP contribution in [-0.4, -0.2) is 20.0 Å². The average Bonchev–Trinajstić information content (AvgIpc) is 2.32. The molecule has 0 fully saturated rings. The maximum atomic E-state index is 11.2. The van der Waals surface area contributed by atoms with Crippen molar-refractivity contribution in [3.05, 3.63) is 35.4 Å². The lowest BCUT2D eigenvalue weighted by atomic mass is 10.1. The van der Waals surface area contributed by atoms with E-state index in [2.05, 4.69) is 10.6 Å². The van der Waals surface area contributed by atoms with E-state index >= 15 is 0 Å². The van der Waals surface area contributed by atoms with Crippen molar-refractivity contribution in [1.29, 1.82) is 0 Å². The van der Waals surface area contributed by atoms with Gasteiger partial charge in [0.1, 0.15) is 0 Å². The molecule has 0 spiro atoms. The van der Waals surface area contributed by atoms with E-state index in [0.717, 1.165) is 6.54 Å². The van der Waals surface area contributed by atoms with Gasteiger partial charge in [-0.05, 0) is 24.7 Å². The van der Waals surface area contributed by atoms with Gasteiger partial charge in [-0.25, -0.2) is 0 Å². The van der Waals surface area contributed by atoms with Gasteiger partial charge in [-0.3, -0.25) is 4.79 Å². The van der Waals surface area contributed by atoms with Crippen molar-refractivity contribution in [3.8, 4) is 0 Å². The first-order valence-corrected chi connectivity index (χ1v) is 5.23. The van der Waals surface area contributed by atoms with Crippen LogP contribution >= 0.6 is 0 Å². The molecule has 0 radical (unpaired) electrons. The molecule has 1 aromatic carbocycles. The fraction of sp³-hybridized carbons (Fsp3) is 0.417. The standard InChI is InChI=1S/C10H14N2O.C2H6/c1-11-7-8-3-5-9(6-4-8)10(13)12-2;1-2/h3-6,11H,7H2,1-2H3,(H,12,13);1-2H3. The first kappa shape index (κ1) is 13.7. The second kappa shape index (κ2) is 8.00. The topological polar surface area (TPSA) is 41.1 Å². The maximum absolute atomic E-state index is 11.2. The van der Waals surface area contributed by atoms with Gasteiger partial charge in [0.25, 0.3) is 5.91 Å². The SMILES string of the molecule is CC.CNCc1ccc(C(=O)NC)cc1. The minimum absolute atomic E-state index is 0.0454. The van der Waals surface area contributed by atoms with E-state index in [-0.39, 0.29) is 5.91 Å². The molecule has 2 N–H and O–H groups in total. The van der Waals surface area contributed by atoms with Gasteiger partial charge >= 0.3 is 0 Å². The Morgan fingerprint density at radius 3 is 2.07 bits per heavy atom. The first-order chi connectivity index (χ1) is 7.27. The minimum Gasteiger partial charge on any atom is -0.355 e. The zero-order valence-corrected chi connectivity index (χ0v) is 9.92. The molecule has 0 heterocycles. The fourth-order valence-corrected chi connectivity index (χ4v) is 1.12. The summed E-state index contributed by atoms with van der Waals surface area (Å²) in [4.78, 5) is 11.2. The molecule has 0 bridgehead atoms. The Bertz CT molecular complexity index is 280. The molecule has 84 valence electrons. The third kappa shape index (κ3) is 4.61. The van der Waals surface area contributed by atoms with Crippen LogP contribution in [-0.2, 0) is 6.54 Å². The van der Waals surface area contributed by atoms with Crippen LogP contribution in [0.4, 0.5) is 0 Å². The van der Waals surface area contributed by atoms with E-state index in [9.17, 15) is 4.79 Å². The summed E-state index contributed by atoms with van der Waals surface area (Å²) in [5, 5.41) is 5.62. The van der Waals surface area contributed by atoms with Gasteiger partial charge in [-0.15, -0.1) is 0 Å². The Morgan fingerprint density at radius 2 is 1.67 bits per heavy atom. The van der Waals surface area contributed by atoms with Gasteiger partial charge in [-0.2, -0.15) is 0 Å². The van der Waals surface area contributed by atoms with Gasteiger partial charge in [0.05, 0.1) is 0 Å². The van der Waals surface area contributed by atoms with Crippen LogP contribution in [0.5, 0.6) is 0 Å². The molecule has 0 unspecified atom stereocenters. The molecule has 0 atom stereocenters. The number of hydrogen-bond acceptors (Lipinski definition) is 2. The lowest BCUT2D eigenvalue weighted by Crippen LogP contribution is -2.17. The number of benzene rings is 1. The zero-order chi connectivity index (χ0) is 11.7. The number of amides is 1. The molecule has 15 heavy (non-hydrogen) atoms. The van der Waals surface area contributed by atoms with Gasteiger partial charge in [-0.1, -0.05) is 26.0 Å². The Kier molecular flexibility index (Phi) is 7.28. The molecular weight excluding hydrogens is 188 g/mol. The first-order valence-electron chi connectivity index (χ1n) is 5.23. The summed E-state index contributed by atoms with van der Waals surface area (Å²) in [6.45, 7) is 4.83. The highest BCUT2D eigenvalue weighted by atomic mass is 16.1. The van der Waals surface area contributed by atoms with Crippen LogP contribution < -0.4 is 10.6 Å². The highest BCUT2D eigenvalue weighted by Gasteiger charge is 2.00. The Balaban J connectivity index is 0.000000921. The largest absolute Gasteiger partial charge is 0.355 e. The molecule has 1 aromatic rings. The normalized spacial score (nSPS) is 8.80. The molecule has 0 aliphatic rings. The van der Waals surface area contributed by atoms with E-state index in [0.29, 0.717) is 5.56 Å². The quantitative estimate of drug-likeness (QED) is 0.795. The summed E-state index contributed by atoms with van der Waals surface area (Å²) < 4.78 is 0. The van der Waals surface area contributed by atoms with Crippen LogP contribution in [0.15, 0.2) is 24.3 Å². The Hall–Kier alpha value is -1.35. The summed E-state index contributed by atoms with van der Waals surface area (Å²) in [7, 11) is 3.52. The van der Waals surface area contributed by atoms with Gasteiger partial charge in [0.15, 0.2) is 0 Å². The summed E-state index contributed by atoms with van der Waals surface area (Å²) in [6, 6.07) is 7.54. The third-order valence-corrected chi connectivity index (χ3v) is 1.82. The van der Waals surface area contributed by atoms with Gasteiger partial charge < -0.3 is 10.6 Å². The number of nitrogens with one attached hydrogen (secondary N) is 2. The second-order valence-corrected chi connectivity index (χ2v) is 2.81. The number of carbonyl (C=O) groups excluding carboxylic acids is 1. The van der Waals surface area contributed by atoms with E-state index in [1.165, 1.54) is 5.56 Å². The molecule has 3 heteroatoms. The smallest absolute Gasteiger partial charge is 0.251 e. The third-order valence-electron chi connectivity index (χ3n) is 1.82. The minimum atomic E-state index is -0.0454. The summed E-state index contributed by atoms with van der Waals surface area (Å²) in [5.74, 6) is -0.0454. The molecular formula is C12H20N2O. The van der Waals surface area contributed by atoms with Crippen molar-refractivity contribution < 1.29 is 4.79 Å². The van der Waals surface area contributed by atoms with Crippen LogP contribution in [0.2, 0.25) is 0 Å². The Morgan fingerprint density at radius 1 is 1.13 bits per heavy atom. The van der Waals surface area contributed by atoms with E-state index in [4.69, 9.17) is 0 Å². The van der Waals surface area contributed by atoms with Crippen LogP contribution in [0, 0.1) is 0 Å². The van der Waals surface area contributed by atoms with Gasteiger partial charge in [0, 0.05) is 19.2 Å². The highest BCUT2D eigenvalue weighted by molar-refractivity contribution is 5.93. The molecule has 0 saturated carbocycles. The second-order valence-electron chi connectivity index (χ2n) is 2.81. The number of carbonyl (C=O) groups is 1. The van der Waals surface area contributed by atoms with Crippen molar-refractivity contribution in [1.82, 2.24) is 10.6 Å². The van der Waals surface area contributed by atoms with E-state index in [1.807, 2.05) is 45.2 Å². The van der Waals surface area contributed by atoms with E-state index in [1.54, 1.807) is 7.05 Å². The number of hydrogen-bond donors (Lipinski definition) is 2. The zero-order valence-electron chi connectivity index (χ0n) is 9.92.